The summed E-state index contributed by atoms with van der Waals surface area (Å²) in [6.07, 6.45) is 4.10. The van der Waals surface area contributed by atoms with Crippen molar-refractivity contribution < 1.29 is 9.18 Å². The number of aromatic nitrogens is 5. The van der Waals surface area contributed by atoms with Crippen molar-refractivity contribution in [2.75, 3.05) is 0 Å². The van der Waals surface area contributed by atoms with Crippen LogP contribution in [-0.2, 0) is 6.42 Å². The predicted molar refractivity (Wildman–Crippen MR) is 127 cm³/mol. The SMILES string of the molecule is NC(=O)c1cccc(-n2nc(-c3ccc(F)c(Cl)c3)nc2Cc2cnn(-c3ccccc3)c2)c1. The van der Waals surface area contributed by atoms with Gasteiger partial charge in [-0.15, -0.1) is 5.10 Å². The maximum absolute atomic E-state index is 13.7. The van der Waals surface area contributed by atoms with Crippen LogP contribution in [0.5, 0.6) is 0 Å². The van der Waals surface area contributed by atoms with Gasteiger partial charge in [-0.2, -0.15) is 5.10 Å². The summed E-state index contributed by atoms with van der Waals surface area (Å²) < 4.78 is 17.1. The number of carbonyl (C=O) groups excluding carboxylic acids is 1. The van der Waals surface area contributed by atoms with Crippen molar-refractivity contribution in [2.24, 2.45) is 5.73 Å². The molecule has 0 radical (unpaired) electrons. The first kappa shape index (κ1) is 21.5. The first-order valence-electron chi connectivity index (χ1n) is 10.4. The van der Waals surface area contributed by atoms with Crippen molar-refractivity contribution >= 4 is 17.5 Å². The molecule has 5 aromatic rings. The molecule has 2 heterocycles. The molecule has 168 valence electrons. The van der Waals surface area contributed by atoms with Crippen molar-refractivity contribution in [3.63, 3.8) is 0 Å². The first-order valence-corrected chi connectivity index (χ1v) is 10.8. The van der Waals surface area contributed by atoms with E-state index in [0.717, 1.165) is 11.3 Å². The molecule has 0 bridgehead atoms. The third kappa shape index (κ3) is 4.31. The number of primary amides is 1. The normalized spacial score (nSPS) is 11.0. The molecule has 2 N–H and O–H groups in total. The number of benzene rings is 3. The molecule has 0 saturated heterocycles. The maximum Gasteiger partial charge on any atom is 0.248 e. The van der Waals surface area contributed by atoms with Crippen molar-refractivity contribution in [3.8, 4) is 22.8 Å². The zero-order chi connectivity index (χ0) is 23.7. The van der Waals surface area contributed by atoms with Gasteiger partial charge < -0.3 is 5.73 Å². The highest BCUT2D eigenvalue weighted by molar-refractivity contribution is 6.31. The Morgan fingerprint density at radius 2 is 1.79 bits per heavy atom. The van der Waals surface area contributed by atoms with Gasteiger partial charge in [0.05, 0.1) is 22.6 Å². The summed E-state index contributed by atoms with van der Waals surface area (Å²) >= 11 is 5.97. The minimum absolute atomic E-state index is 0.0183. The number of nitrogens with zero attached hydrogens (tertiary/aromatic N) is 5. The maximum atomic E-state index is 13.7. The summed E-state index contributed by atoms with van der Waals surface area (Å²) in [6.45, 7) is 0. The lowest BCUT2D eigenvalue weighted by molar-refractivity contribution is 0.1000. The summed E-state index contributed by atoms with van der Waals surface area (Å²) in [5, 5.41) is 9.06. The van der Waals surface area contributed by atoms with Crippen LogP contribution < -0.4 is 5.73 Å². The molecule has 1 amide bonds. The molecule has 5 rings (SSSR count). The molecule has 9 heteroatoms. The summed E-state index contributed by atoms with van der Waals surface area (Å²) in [5.74, 6) is -0.0905. The van der Waals surface area contributed by atoms with E-state index in [2.05, 4.69) is 10.2 Å². The van der Waals surface area contributed by atoms with Crippen molar-refractivity contribution in [2.45, 2.75) is 6.42 Å². The molecule has 0 atom stereocenters. The number of hydrogen-bond donors (Lipinski definition) is 1. The third-order valence-electron chi connectivity index (χ3n) is 5.25. The van der Waals surface area contributed by atoms with Gasteiger partial charge >= 0.3 is 0 Å². The quantitative estimate of drug-likeness (QED) is 0.391. The molecule has 3 aromatic carbocycles. The second-order valence-electron chi connectivity index (χ2n) is 7.61. The van der Waals surface area contributed by atoms with Gasteiger partial charge in [-0.3, -0.25) is 4.79 Å². The Bertz CT molecular complexity index is 1490. The molecule has 2 aromatic heterocycles. The number of para-hydroxylation sites is 1. The minimum Gasteiger partial charge on any atom is -0.366 e. The van der Waals surface area contributed by atoms with E-state index in [0.29, 0.717) is 34.9 Å². The van der Waals surface area contributed by atoms with Gasteiger partial charge in [0.15, 0.2) is 5.82 Å². The summed E-state index contributed by atoms with van der Waals surface area (Å²) in [7, 11) is 0. The molecular weight excluding hydrogens is 455 g/mol. The van der Waals surface area contributed by atoms with Gasteiger partial charge in [0, 0.05) is 23.7 Å². The van der Waals surface area contributed by atoms with E-state index >= 15 is 0 Å². The monoisotopic (exact) mass is 472 g/mol. The number of halogens is 2. The molecule has 0 aliphatic rings. The average Bonchev–Trinajstić information content (AvgIpc) is 3.49. The average molecular weight is 473 g/mol. The molecule has 0 unspecified atom stereocenters. The smallest absolute Gasteiger partial charge is 0.248 e. The van der Waals surface area contributed by atoms with E-state index < -0.39 is 11.7 Å². The van der Waals surface area contributed by atoms with Crippen LogP contribution in [0.25, 0.3) is 22.8 Å². The summed E-state index contributed by atoms with van der Waals surface area (Å²) in [4.78, 5) is 16.4. The van der Waals surface area contributed by atoms with E-state index in [1.807, 2.05) is 36.5 Å². The molecule has 0 spiro atoms. The third-order valence-corrected chi connectivity index (χ3v) is 5.54. The summed E-state index contributed by atoms with van der Waals surface area (Å²) in [5.41, 5.74) is 8.84. The van der Waals surface area contributed by atoms with Gasteiger partial charge in [-0.1, -0.05) is 35.9 Å². The van der Waals surface area contributed by atoms with Crippen LogP contribution in [0, 0.1) is 5.82 Å². The van der Waals surface area contributed by atoms with Crippen LogP contribution in [0.4, 0.5) is 4.39 Å². The van der Waals surface area contributed by atoms with Crippen LogP contribution >= 0.6 is 11.6 Å². The van der Waals surface area contributed by atoms with Crippen molar-refractivity contribution in [1.82, 2.24) is 24.5 Å². The van der Waals surface area contributed by atoms with Crippen LogP contribution in [0.2, 0.25) is 5.02 Å². The van der Waals surface area contributed by atoms with Gasteiger partial charge in [0.25, 0.3) is 0 Å². The Morgan fingerprint density at radius 1 is 1.00 bits per heavy atom. The van der Waals surface area contributed by atoms with Gasteiger partial charge in [-0.25, -0.2) is 18.7 Å². The Morgan fingerprint density at radius 3 is 2.56 bits per heavy atom. The largest absolute Gasteiger partial charge is 0.366 e. The number of nitrogens with two attached hydrogens (primary N) is 1. The summed E-state index contributed by atoms with van der Waals surface area (Å²) in [6, 6.07) is 20.9. The number of amides is 1. The number of carbonyl (C=O) groups is 1. The fraction of sp³-hybridized carbons (Fsp3) is 0.0400. The van der Waals surface area contributed by atoms with Crippen molar-refractivity contribution in [1.29, 1.82) is 0 Å². The molecular formula is C25H18ClFN6O. The lowest BCUT2D eigenvalue weighted by atomic mass is 10.2. The molecule has 34 heavy (non-hydrogen) atoms. The van der Waals surface area contributed by atoms with Crippen molar-refractivity contribution in [3.05, 3.63) is 113 Å². The van der Waals surface area contributed by atoms with E-state index in [1.165, 1.54) is 12.1 Å². The first-order chi connectivity index (χ1) is 16.5. The lowest BCUT2D eigenvalue weighted by Crippen LogP contribution is -2.12. The molecule has 7 nitrogen and oxygen atoms in total. The van der Waals surface area contributed by atoms with Crippen LogP contribution in [0.1, 0.15) is 21.7 Å². The lowest BCUT2D eigenvalue weighted by Gasteiger charge is -2.06. The Hall–Kier alpha value is -4.30. The topological polar surface area (TPSA) is 91.6 Å². The highest BCUT2D eigenvalue weighted by atomic mass is 35.5. The Kier molecular flexibility index (Phi) is 5.65. The molecule has 0 aliphatic heterocycles. The van der Waals surface area contributed by atoms with Crippen LogP contribution in [0.15, 0.2) is 85.2 Å². The van der Waals surface area contributed by atoms with E-state index in [9.17, 15) is 9.18 Å². The number of rotatable bonds is 6. The second kappa shape index (κ2) is 8.92. The highest BCUT2D eigenvalue weighted by Gasteiger charge is 2.17. The molecule has 0 saturated carbocycles. The molecule has 0 fully saturated rings. The minimum atomic E-state index is -0.543. The number of hydrogen-bond acceptors (Lipinski definition) is 4. The van der Waals surface area contributed by atoms with Gasteiger partial charge in [0.1, 0.15) is 11.6 Å². The zero-order valence-electron chi connectivity index (χ0n) is 17.8. The Labute approximate surface area is 199 Å². The zero-order valence-corrected chi connectivity index (χ0v) is 18.5. The predicted octanol–water partition coefficient (Wildman–Crippen LogP) is 4.60. The van der Waals surface area contributed by atoms with Crippen LogP contribution in [-0.4, -0.2) is 30.5 Å². The fourth-order valence-corrected chi connectivity index (χ4v) is 3.75. The highest BCUT2D eigenvalue weighted by Crippen LogP contribution is 2.25. The van der Waals surface area contributed by atoms with E-state index in [4.69, 9.17) is 22.3 Å². The van der Waals surface area contributed by atoms with E-state index in [-0.39, 0.29) is 5.02 Å². The van der Waals surface area contributed by atoms with Gasteiger partial charge in [0.2, 0.25) is 5.91 Å². The van der Waals surface area contributed by atoms with Gasteiger partial charge in [-0.05, 0) is 54.1 Å². The van der Waals surface area contributed by atoms with E-state index in [1.54, 1.807) is 45.9 Å². The molecule has 0 aliphatic carbocycles. The standard InChI is InChI=1S/C25H18ClFN6O/c26-21-13-18(9-10-22(21)27)25-30-23(33(31-25)20-8-4-5-17(12-20)24(28)34)11-16-14-29-32(15-16)19-6-2-1-3-7-19/h1-10,12-15H,11H2,(H2,28,34). The Balaban J connectivity index is 1.57. The fourth-order valence-electron chi connectivity index (χ4n) is 3.57. The van der Waals surface area contributed by atoms with Crippen LogP contribution in [0.3, 0.4) is 0 Å². The second-order valence-corrected chi connectivity index (χ2v) is 8.02.